The van der Waals surface area contributed by atoms with E-state index >= 15 is 0 Å². The third-order valence-electron chi connectivity index (χ3n) is 4.45. The minimum absolute atomic E-state index is 0.231. The molecule has 0 saturated carbocycles. The summed E-state index contributed by atoms with van der Waals surface area (Å²) in [5.74, 6) is -1.51. The molecule has 1 saturated heterocycles. The maximum absolute atomic E-state index is 13.0. The van der Waals surface area contributed by atoms with Crippen molar-refractivity contribution in [2.24, 2.45) is 0 Å². The molecule has 2 heterocycles. The van der Waals surface area contributed by atoms with Gasteiger partial charge in [-0.3, -0.25) is 19.3 Å². The van der Waals surface area contributed by atoms with Crippen LogP contribution in [0.1, 0.15) is 5.69 Å². The SMILES string of the molecule is O=C(CN1C(=O)S/C(=C\c2cccn2-c2cccc(Br)c2)C1=O)Nc1ccc(F)cc1. The topological polar surface area (TPSA) is 71.4 Å². The molecule has 1 aliphatic heterocycles. The molecule has 4 rings (SSSR count). The predicted molar refractivity (Wildman–Crippen MR) is 121 cm³/mol. The summed E-state index contributed by atoms with van der Waals surface area (Å²) >= 11 is 4.22. The maximum Gasteiger partial charge on any atom is 0.294 e. The van der Waals surface area contributed by atoms with Gasteiger partial charge in [-0.25, -0.2) is 4.39 Å². The summed E-state index contributed by atoms with van der Waals surface area (Å²) in [4.78, 5) is 38.5. The Morgan fingerprint density at radius 3 is 2.61 bits per heavy atom. The Hall–Kier alpha value is -3.17. The molecule has 0 radical (unpaired) electrons. The van der Waals surface area contributed by atoms with Gasteiger partial charge in [0.1, 0.15) is 12.4 Å². The van der Waals surface area contributed by atoms with Crippen molar-refractivity contribution in [1.82, 2.24) is 9.47 Å². The highest BCUT2D eigenvalue weighted by molar-refractivity contribution is 9.10. The molecule has 31 heavy (non-hydrogen) atoms. The van der Waals surface area contributed by atoms with E-state index in [1.807, 2.05) is 47.2 Å². The molecule has 6 nitrogen and oxygen atoms in total. The van der Waals surface area contributed by atoms with Gasteiger partial charge in [-0.15, -0.1) is 0 Å². The summed E-state index contributed by atoms with van der Waals surface area (Å²) in [6.07, 6.45) is 3.48. The van der Waals surface area contributed by atoms with E-state index in [0.29, 0.717) is 5.69 Å². The summed E-state index contributed by atoms with van der Waals surface area (Å²) < 4.78 is 15.8. The Bertz CT molecular complexity index is 1210. The molecule has 0 atom stereocenters. The number of carbonyl (C=O) groups excluding carboxylic acids is 3. The highest BCUT2D eigenvalue weighted by Crippen LogP contribution is 2.32. The minimum atomic E-state index is -0.548. The van der Waals surface area contributed by atoms with Gasteiger partial charge in [-0.1, -0.05) is 22.0 Å². The van der Waals surface area contributed by atoms with Crippen LogP contribution in [0.5, 0.6) is 0 Å². The molecule has 1 fully saturated rings. The Balaban J connectivity index is 1.50. The van der Waals surface area contributed by atoms with Crippen molar-refractivity contribution < 1.29 is 18.8 Å². The molecule has 0 bridgehead atoms. The molecule has 3 amide bonds. The first-order valence-corrected chi connectivity index (χ1v) is 10.8. The van der Waals surface area contributed by atoms with E-state index in [1.54, 1.807) is 6.08 Å². The Morgan fingerprint density at radius 1 is 1.10 bits per heavy atom. The third-order valence-corrected chi connectivity index (χ3v) is 5.85. The van der Waals surface area contributed by atoms with Gasteiger partial charge in [0.15, 0.2) is 0 Å². The monoisotopic (exact) mass is 499 g/mol. The van der Waals surface area contributed by atoms with Gasteiger partial charge in [-0.05, 0) is 72.4 Å². The van der Waals surface area contributed by atoms with Gasteiger partial charge in [0.2, 0.25) is 5.91 Å². The number of hydrogen-bond acceptors (Lipinski definition) is 4. The number of carbonyl (C=O) groups is 3. The van der Waals surface area contributed by atoms with Crippen molar-refractivity contribution in [3.63, 3.8) is 0 Å². The zero-order valence-electron chi connectivity index (χ0n) is 15.9. The number of anilines is 1. The predicted octanol–water partition coefficient (Wildman–Crippen LogP) is 5.05. The first-order chi connectivity index (χ1) is 14.9. The fraction of sp³-hybridized carbons (Fsp3) is 0.0455. The number of hydrogen-bond donors (Lipinski definition) is 1. The standard InChI is InChI=1S/C22H15BrFN3O3S/c23-14-3-1-4-17(11-14)26-10-2-5-18(26)12-19-21(29)27(22(30)31-19)13-20(28)25-16-8-6-15(24)7-9-16/h1-12H,13H2,(H,25,28)/b19-12-. The highest BCUT2D eigenvalue weighted by atomic mass is 79.9. The molecular weight excluding hydrogens is 485 g/mol. The van der Waals surface area contributed by atoms with Crippen LogP contribution < -0.4 is 5.32 Å². The number of imide groups is 1. The van der Waals surface area contributed by atoms with Crippen LogP contribution in [0.2, 0.25) is 0 Å². The molecule has 0 unspecified atom stereocenters. The lowest BCUT2D eigenvalue weighted by Gasteiger charge is -2.12. The third kappa shape index (κ3) is 4.78. The number of thioether (sulfide) groups is 1. The number of amides is 3. The number of benzene rings is 2. The molecule has 1 aliphatic rings. The second-order valence-corrected chi connectivity index (χ2v) is 8.51. The summed E-state index contributed by atoms with van der Waals surface area (Å²) in [6.45, 7) is -0.425. The molecule has 0 spiro atoms. The van der Waals surface area contributed by atoms with Crippen molar-refractivity contribution in [3.05, 3.63) is 87.7 Å². The number of nitrogens with zero attached hydrogens (tertiary/aromatic N) is 2. The Kier molecular flexibility index (Phi) is 6.06. The molecule has 156 valence electrons. The first-order valence-electron chi connectivity index (χ1n) is 9.15. The normalized spacial score (nSPS) is 15.0. The van der Waals surface area contributed by atoms with Gasteiger partial charge in [0.05, 0.1) is 4.91 Å². The van der Waals surface area contributed by atoms with Crippen molar-refractivity contribution in [2.75, 3.05) is 11.9 Å². The van der Waals surface area contributed by atoms with Crippen LogP contribution in [-0.2, 0) is 9.59 Å². The summed E-state index contributed by atoms with van der Waals surface area (Å²) in [5.41, 5.74) is 1.99. The van der Waals surface area contributed by atoms with Gasteiger partial charge < -0.3 is 9.88 Å². The quantitative estimate of drug-likeness (QED) is 0.498. The van der Waals surface area contributed by atoms with Gasteiger partial charge in [-0.2, -0.15) is 0 Å². The zero-order chi connectivity index (χ0) is 22.0. The van der Waals surface area contributed by atoms with Crippen molar-refractivity contribution in [3.8, 4) is 5.69 Å². The van der Waals surface area contributed by atoms with E-state index < -0.39 is 29.4 Å². The van der Waals surface area contributed by atoms with Crippen LogP contribution in [0, 0.1) is 5.82 Å². The lowest BCUT2D eigenvalue weighted by Crippen LogP contribution is -2.36. The van der Waals surface area contributed by atoms with Crippen LogP contribution in [0.4, 0.5) is 14.9 Å². The Morgan fingerprint density at radius 2 is 1.87 bits per heavy atom. The first kappa shape index (κ1) is 21.1. The summed E-state index contributed by atoms with van der Waals surface area (Å²) in [5, 5.41) is 2.02. The summed E-state index contributed by atoms with van der Waals surface area (Å²) in [7, 11) is 0. The van der Waals surface area contributed by atoms with Crippen molar-refractivity contribution >= 4 is 56.5 Å². The molecule has 9 heteroatoms. The van der Waals surface area contributed by atoms with Crippen LogP contribution in [-0.4, -0.2) is 33.1 Å². The van der Waals surface area contributed by atoms with E-state index in [0.717, 1.165) is 32.5 Å². The van der Waals surface area contributed by atoms with E-state index in [9.17, 15) is 18.8 Å². The summed E-state index contributed by atoms with van der Waals surface area (Å²) in [6, 6.07) is 16.6. The fourth-order valence-corrected chi connectivity index (χ4v) is 4.23. The average Bonchev–Trinajstić information content (AvgIpc) is 3.30. The number of nitrogens with one attached hydrogen (secondary N) is 1. The minimum Gasteiger partial charge on any atom is -0.325 e. The van der Waals surface area contributed by atoms with E-state index in [1.165, 1.54) is 24.3 Å². The average molecular weight is 500 g/mol. The van der Waals surface area contributed by atoms with Gasteiger partial charge in [0, 0.05) is 27.7 Å². The zero-order valence-corrected chi connectivity index (χ0v) is 18.3. The van der Waals surface area contributed by atoms with Crippen LogP contribution in [0.3, 0.4) is 0 Å². The smallest absolute Gasteiger partial charge is 0.294 e. The van der Waals surface area contributed by atoms with Crippen LogP contribution in [0.25, 0.3) is 11.8 Å². The molecular formula is C22H15BrFN3O3S. The van der Waals surface area contributed by atoms with Crippen LogP contribution in [0.15, 0.2) is 76.2 Å². The molecule has 0 aliphatic carbocycles. The van der Waals surface area contributed by atoms with Crippen LogP contribution >= 0.6 is 27.7 Å². The van der Waals surface area contributed by atoms with E-state index in [-0.39, 0.29) is 4.91 Å². The Labute approximate surface area is 189 Å². The molecule has 2 aromatic carbocycles. The second-order valence-electron chi connectivity index (χ2n) is 6.61. The van der Waals surface area contributed by atoms with Crippen molar-refractivity contribution in [1.29, 1.82) is 0 Å². The fourth-order valence-electron chi connectivity index (χ4n) is 3.02. The number of halogens is 2. The number of aromatic nitrogens is 1. The van der Waals surface area contributed by atoms with Gasteiger partial charge in [0.25, 0.3) is 11.1 Å². The second kappa shape index (κ2) is 8.91. The molecule has 1 N–H and O–H groups in total. The van der Waals surface area contributed by atoms with Crippen molar-refractivity contribution in [2.45, 2.75) is 0 Å². The molecule has 3 aromatic rings. The lowest BCUT2D eigenvalue weighted by molar-refractivity contribution is -0.127. The maximum atomic E-state index is 13.0. The highest BCUT2D eigenvalue weighted by Gasteiger charge is 2.36. The number of rotatable bonds is 5. The van der Waals surface area contributed by atoms with Gasteiger partial charge >= 0.3 is 0 Å². The lowest BCUT2D eigenvalue weighted by atomic mass is 10.3. The van der Waals surface area contributed by atoms with E-state index in [2.05, 4.69) is 21.2 Å². The largest absolute Gasteiger partial charge is 0.325 e. The molecule has 1 aromatic heterocycles. The van der Waals surface area contributed by atoms with E-state index in [4.69, 9.17) is 0 Å².